The molecular weight excluding hydrogens is 338 g/mol. The number of benzene rings is 2. The highest BCUT2D eigenvalue weighted by Crippen LogP contribution is 2.16. The maximum absolute atomic E-state index is 12.6. The molecule has 27 heavy (non-hydrogen) atoms. The fourth-order valence-corrected chi connectivity index (χ4v) is 3.39. The molecule has 0 radical (unpaired) electrons. The highest BCUT2D eigenvalue weighted by atomic mass is 16.2. The molecule has 0 bridgehead atoms. The number of nitrogens with zero attached hydrogens (tertiary/aromatic N) is 3. The minimum atomic E-state index is -0.100. The Hall–Kier alpha value is -2.82. The lowest BCUT2D eigenvalue weighted by Gasteiger charge is -2.36. The second kappa shape index (κ2) is 9.21. The third kappa shape index (κ3) is 5.09. The quantitative estimate of drug-likeness (QED) is 0.740. The Labute approximate surface area is 161 Å². The van der Waals surface area contributed by atoms with E-state index in [0.29, 0.717) is 26.2 Å². The van der Waals surface area contributed by atoms with Crippen LogP contribution < -0.4 is 4.90 Å². The molecule has 5 nitrogen and oxygen atoms in total. The number of amides is 2. The van der Waals surface area contributed by atoms with E-state index in [1.54, 1.807) is 4.90 Å². The van der Waals surface area contributed by atoms with Crippen molar-refractivity contribution in [3.8, 4) is 0 Å². The summed E-state index contributed by atoms with van der Waals surface area (Å²) in [7, 11) is 0. The van der Waals surface area contributed by atoms with Crippen molar-refractivity contribution in [3.63, 3.8) is 0 Å². The highest BCUT2D eigenvalue weighted by Gasteiger charge is 2.24. The van der Waals surface area contributed by atoms with E-state index in [1.807, 2.05) is 60.4 Å². The number of carbonyl (C=O) groups is 2. The van der Waals surface area contributed by atoms with Gasteiger partial charge in [0.2, 0.25) is 11.8 Å². The second-order valence-corrected chi connectivity index (χ2v) is 6.77. The molecule has 0 aliphatic carbocycles. The average molecular weight is 365 g/mol. The summed E-state index contributed by atoms with van der Waals surface area (Å²) in [5, 5.41) is 0. The van der Waals surface area contributed by atoms with E-state index in [0.717, 1.165) is 18.7 Å². The molecule has 1 fully saturated rings. The van der Waals surface area contributed by atoms with Gasteiger partial charge in [-0.15, -0.1) is 0 Å². The zero-order valence-corrected chi connectivity index (χ0v) is 15.9. The molecule has 0 aromatic heterocycles. The summed E-state index contributed by atoms with van der Waals surface area (Å²) < 4.78 is 0. The molecule has 0 spiro atoms. The first-order chi connectivity index (χ1) is 13.2. The topological polar surface area (TPSA) is 43.9 Å². The van der Waals surface area contributed by atoms with Crippen LogP contribution in [0.15, 0.2) is 60.7 Å². The van der Waals surface area contributed by atoms with Crippen molar-refractivity contribution in [2.75, 3.05) is 37.6 Å². The molecular formula is C22H27N3O2. The Morgan fingerprint density at radius 3 is 2.07 bits per heavy atom. The lowest BCUT2D eigenvalue weighted by molar-refractivity contribution is -0.141. The van der Waals surface area contributed by atoms with Gasteiger partial charge in [-0.05, 0) is 24.6 Å². The minimum absolute atomic E-state index is 0.0496. The van der Waals surface area contributed by atoms with Crippen molar-refractivity contribution >= 4 is 17.5 Å². The molecule has 5 heteroatoms. The largest absolute Gasteiger partial charge is 0.368 e. The molecule has 1 aliphatic rings. The summed E-state index contributed by atoms with van der Waals surface area (Å²) in [6.45, 7) is 6.01. The predicted molar refractivity (Wildman–Crippen MR) is 107 cm³/mol. The van der Waals surface area contributed by atoms with Crippen molar-refractivity contribution in [3.05, 3.63) is 66.2 Å². The second-order valence-electron chi connectivity index (χ2n) is 6.77. The Morgan fingerprint density at radius 1 is 0.889 bits per heavy atom. The van der Waals surface area contributed by atoms with Crippen LogP contribution >= 0.6 is 0 Å². The third-order valence-corrected chi connectivity index (χ3v) is 5.01. The molecule has 1 saturated heterocycles. The zero-order chi connectivity index (χ0) is 19.1. The van der Waals surface area contributed by atoms with Crippen LogP contribution in [0.3, 0.4) is 0 Å². The van der Waals surface area contributed by atoms with Crippen LogP contribution in [-0.2, 0) is 16.1 Å². The summed E-state index contributed by atoms with van der Waals surface area (Å²) in [6, 6.07) is 20.1. The first-order valence-corrected chi connectivity index (χ1v) is 9.57. The van der Waals surface area contributed by atoms with Crippen LogP contribution in [0.4, 0.5) is 5.69 Å². The third-order valence-electron chi connectivity index (χ3n) is 5.01. The molecule has 2 aromatic rings. The number of hydrogen-bond donors (Lipinski definition) is 0. The molecule has 0 N–H and O–H groups in total. The van der Waals surface area contributed by atoms with Gasteiger partial charge in [-0.25, -0.2) is 0 Å². The van der Waals surface area contributed by atoms with Crippen molar-refractivity contribution < 1.29 is 9.59 Å². The summed E-state index contributed by atoms with van der Waals surface area (Å²) in [5.74, 6) is -0.170. The number of anilines is 1. The van der Waals surface area contributed by atoms with Gasteiger partial charge in [0.15, 0.2) is 0 Å². The maximum atomic E-state index is 12.6. The standard InChI is InChI=1S/C22H27N3O2/c1-2-23(18-19-9-5-3-6-10-19)21(26)17-22(27)25-15-13-24(14-16-25)20-11-7-4-8-12-20/h3-12H,2,13-18H2,1H3. The molecule has 142 valence electrons. The molecule has 1 heterocycles. The summed E-state index contributed by atoms with van der Waals surface area (Å²) in [4.78, 5) is 31.0. The van der Waals surface area contributed by atoms with Gasteiger partial charge < -0.3 is 14.7 Å². The smallest absolute Gasteiger partial charge is 0.232 e. The maximum Gasteiger partial charge on any atom is 0.232 e. The fourth-order valence-electron chi connectivity index (χ4n) is 3.39. The molecule has 0 atom stereocenters. The predicted octanol–water partition coefficient (Wildman–Crippen LogP) is 2.77. The van der Waals surface area contributed by atoms with Crippen molar-refractivity contribution in [1.82, 2.24) is 9.80 Å². The van der Waals surface area contributed by atoms with Crippen LogP contribution in [0.2, 0.25) is 0 Å². The number of para-hydroxylation sites is 1. The summed E-state index contributed by atoms with van der Waals surface area (Å²) in [5.41, 5.74) is 2.26. The van der Waals surface area contributed by atoms with Crippen LogP contribution in [0, 0.1) is 0 Å². The van der Waals surface area contributed by atoms with Crippen LogP contribution in [0.25, 0.3) is 0 Å². The molecule has 0 saturated carbocycles. The van der Waals surface area contributed by atoms with E-state index in [2.05, 4.69) is 17.0 Å². The van der Waals surface area contributed by atoms with Crippen LogP contribution in [0.1, 0.15) is 18.9 Å². The lowest BCUT2D eigenvalue weighted by Crippen LogP contribution is -2.49. The first kappa shape index (κ1) is 19.0. The Balaban J connectivity index is 1.50. The van der Waals surface area contributed by atoms with Gasteiger partial charge in [-0.3, -0.25) is 9.59 Å². The van der Waals surface area contributed by atoms with Gasteiger partial charge in [0, 0.05) is 45.0 Å². The lowest BCUT2D eigenvalue weighted by atomic mass is 10.2. The average Bonchev–Trinajstić information content (AvgIpc) is 2.73. The monoisotopic (exact) mass is 365 g/mol. The van der Waals surface area contributed by atoms with Crippen molar-refractivity contribution in [2.24, 2.45) is 0 Å². The number of hydrogen-bond acceptors (Lipinski definition) is 3. The molecule has 2 amide bonds. The van der Waals surface area contributed by atoms with Gasteiger partial charge in [-0.2, -0.15) is 0 Å². The Bertz CT molecular complexity index is 741. The van der Waals surface area contributed by atoms with Gasteiger partial charge in [-0.1, -0.05) is 48.5 Å². The number of rotatable bonds is 6. The van der Waals surface area contributed by atoms with Gasteiger partial charge in [0.25, 0.3) is 0 Å². The van der Waals surface area contributed by atoms with E-state index in [4.69, 9.17) is 0 Å². The summed E-state index contributed by atoms with van der Waals surface area (Å²) >= 11 is 0. The van der Waals surface area contributed by atoms with E-state index in [9.17, 15) is 9.59 Å². The van der Waals surface area contributed by atoms with E-state index < -0.39 is 0 Å². The SMILES string of the molecule is CCN(Cc1ccccc1)C(=O)CC(=O)N1CCN(c2ccccc2)CC1. The van der Waals surface area contributed by atoms with Crippen molar-refractivity contribution in [1.29, 1.82) is 0 Å². The van der Waals surface area contributed by atoms with Crippen LogP contribution in [0.5, 0.6) is 0 Å². The Kier molecular flexibility index (Phi) is 6.47. The van der Waals surface area contributed by atoms with Crippen molar-refractivity contribution in [2.45, 2.75) is 19.9 Å². The molecule has 1 aliphatic heterocycles. The molecule has 3 rings (SSSR count). The molecule has 2 aromatic carbocycles. The van der Waals surface area contributed by atoms with Gasteiger partial charge in [0.05, 0.1) is 0 Å². The van der Waals surface area contributed by atoms with E-state index in [-0.39, 0.29) is 18.2 Å². The normalized spacial score (nSPS) is 14.1. The van der Waals surface area contributed by atoms with Crippen LogP contribution in [-0.4, -0.2) is 54.3 Å². The van der Waals surface area contributed by atoms with E-state index >= 15 is 0 Å². The zero-order valence-electron chi connectivity index (χ0n) is 15.9. The minimum Gasteiger partial charge on any atom is -0.368 e. The first-order valence-electron chi connectivity index (χ1n) is 9.57. The number of piperazine rings is 1. The highest BCUT2D eigenvalue weighted by molar-refractivity contribution is 5.97. The van der Waals surface area contributed by atoms with Gasteiger partial charge >= 0.3 is 0 Å². The van der Waals surface area contributed by atoms with Gasteiger partial charge in [0.1, 0.15) is 6.42 Å². The fraction of sp³-hybridized carbons (Fsp3) is 0.364. The molecule has 0 unspecified atom stereocenters. The number of carbonyl (C=O) groups excluding carboxylic acids is 2. The Morgan fingerprint density at radius 2 is 1.48 bits per heavy atom. The van der Waals surface area contributed by atoms with E-state index in [1.165, 1.54) is 5.69 Å². The summed E-state index contributed by atoms with van der Waals surface area (Å²) in [6.07, 6.45) is -0.0496.